The van der Waals surface area contributed by atoms with Gasteiger partial charge in [-0.1, -0.05) is 41.9 Å². The average molecular weight is 702 g/mol. The number of carbonyl (C=O) groups excluding carboxylic acids is 3. The molecule has 3 amide bonds. The van der Waals surface area contributed by atoms with E-state index in [0.717, 1.165) is 35.1 Å². The molecule has 0 bridgehead atoms. The molecular weight excluding hydrogens is 662 g/mol. The molecule has 0 saturated heterocycles. The molecule has 0 spiro atoms. The van der Waals surface area contributed by atoms with Gasteiger partial charge in [0.1, 0.15) is 11.6 Å². The topological polar surface area (TPSA) is 188 Å². The summed E-state index contributed by atoms with van der Waals surface area (Å²) in [5.41, 5.74) is 3.08. The summed E-state index contributed by atoms with van der Waals surface area (Å²) in [5, 5.41) is 32.1. The molecule has 1 aliphatic rings. The lowest BCUT2D eigenvalue weighted by Crippen LogP contribution is -2.48. The molecule has 5 N–H and O–H groups in total. The quantitative estimate of drug-likeness (QED) is 0.127. The van der Waals surface area contributed by atoms with Gasteiger partial charge in [0.25, 0.3) is 0 Å². The Kier molecular flexibility index (Phi) is 11.5. The molecular formula is C36H40ClN7O6. The number of nitrogens with zero attached hydrogens (tertiary/aromatic N) is 3. The first kappa shape index (κ1) is 36.0. The van der Waals surface area contributed by atoms with Crippen molar-refractivity contribution >= 4 is 41.2 Å². The molecule has 14 heteroatoms. The van der Waals surface area contributed by atoms with E-state index in [-0.39, 0.29) is 40.7 Å². The first-order chi connectivity index (χ1) is 23.8. The number of alkyl carbamates (subject to hydrolysis) is 1. The number of halogens is 1. The number of aromatic carboxylic acids is 1. The van der Waals surface area contributed by atoms with Gasteiger partial charge in [-0.15, -0.1) is 10.2 Å². The Labute approximate surface area is 294 Å². The molecule has 1 aliphatic carbocycles. The minimum atomic E-state index is -1.10. The van der Waals surface area contributed by atoms with Crippen molar-refractivity contribution in [2.75, 3.05) is 11.9 Å². The summed E-state index contributed by atoms with van der Waals surface area (Å²) >= 11 is 6.18. The molecule has 262 valence electrons. The highest BCUT2D eigenvalue weighted by Gasteiger charge is 2.30. The van der Waals surface area contributed by atoms with Gasteiger partial charge >= 0.3 is 12.1 Å². The lowest BCUT2D eigenvalue weighted by Gasteiger charge is -2.29. The van der Waals surface area contributed by atoms with Crippen LogP contribution in [0.1, 0.15) is 62.4 Å². The van der Waals surface area contributed by atoms with Gasteiger partial charge in [0.15, 0.2) is 0 Å². The Morgan fingerprint density at radius 3 is 2.20 bits per heavy atom. The first-order valence-corrected chi connectivity index (χ1v) is 16.8. The number of amides is 3. The van der Waals surface area contributed by atoms with Crippen molar-refractivity contribution in [1.82, 2.24) is 31.3 Å². The van der Waals surface area contributed by atoms with Gasteiger partial charge in [0.05, 0.1) is 10.6 Å². The number of carboxylic acids is 1. The third-order valence-corrected chi connectivity index (χ3v) is 8.78. The Morgan fingerprint density at radius 2 is 1.60 bits per heavy atom. The van der Waals surface area contributed by atoms with Crippen molar-refractivity contribution in [3.05, 3.63) is 82.9 Å². The van der Waals surface area contributed by atoms with Crippen LogP contribution in [0.25, 0.3) is 22.5 Å². The Hall–Kier alpha value is -5.30. The fraction of sp³-hybridized carbons (Fsp3) is 0.361. The van der Waals surface area contributed by atoms with Crippen LogP contribution in [0.2, 0.25) is 5.02 Å². The summed E-state index contributed by atoms with van der Waals surface area (Å²) < 4.78 is 5.33. The molecule has 0 aliphatic heterocycles. The smallest absolute Gasteiger partial charge is 0.407 e. The van der Waals surface area contributed by atoms with Gasteiger partial charge in [-0.2, -0.15) is 5.21 Å². The van der Waals surface area contributed by atoms with E-state index in [2.05, 4.69) is 36.6 Å². The SMILES string of the molecule is CC(C)(C)OC(=O)NC[C@H]1CC[C@H](C(=O)N[C@@H](Cc2ccc(-c3ccc(C(=O)O)c(Cl)c3)cc2)C(=O)Nc2ccc(-c3nn[nH]n3)cc2)CC1. The lowest BCUT2D eigenvalue weighted by atomic mass is 9.81. The number of carboxylic acid groups (broad SMARTS) is 1. The summed E-state index contributed by atoms with van der Waals surface area (Å²) in [6.45, 7) is 5.92. The van der Waals surface area contributed by atoms with Crippen molar-refractivity contribution in [2.45, 2.75) is 64.5 Å². The minimum Gasteiger partial charge on any atom is -0.478 e. The van der Waals surface area contributed by atoms with Crippen LogP contribution in [0.15, 0.2) is 66.7 Å². The van der Waals surface area contributed by atoms with E-state index in [1.807, 2.05) is 45.0 Å². The molecule has 1 heterocycles. The van der Waals surface area contributed by atoms with E-state index in [9.17, 15) is 24.3 Å². The number of carbonyl (C=O) groups is 4. The Balaban J connectivity index is 1.25. The molecule has 1 atom stereocenters. The highest BCUT2D eigenvalue weighted by molar-refractivity contribution is 6.33. The monoisotopic (exact) mass is 701 g/mol. The van der Waals surface area contributed by atoms with E-state index in [1.54, 1.807) is 36.4 Å². The normalized spacial score (nSPS) is 16.6. The van der Waals surface area contributed by atoms with Gasteiger partial charge in [-0.3, -0.25) is 9.59 Å². The van der Waals surface area contributed by atoms with Crippen molar-refractivity contribution < 1.29 is 29.0 Å². The molecule has 5 rings (SSSR count). The molecule has 1 fully saturated rings. The van der Waals surface area contributed by atoms with E-state index in [1.165, 1.54) is 6.07 Å². The summed E-state index contributed by atoms with van der Waals surface area (Å²) in [7, 11) is 0. The maximum atomic E-state index is 13.7. The maximum Gasteiger partial charge on any atom is 0.407 e. The van der Waals surface area contributed by atoms with Gasteiger partial charge in [-0.05, 0) is 111 Å². The number of nitrogens with one attached hydrogen (secondary N) is 4. The third kappa shape index (κ3) is 9.88. The van der Waals surface area contributed by atoms with E-state index in [4.69, 9.17) is 16.3 Å². The third-order valence-electron chi connectivity index (χ3n) is 8.47. The van der Waals surface area contributed by atoms with Gasteiger partial charge < -0.3 is 25.8 Å². The van der Waals surface area contributed by atoms with Crippen molar-refractivity contribution in [2.24, 2.45) is 11.8 Å². The van der Waals surface area contributed by atoms with Crippen molar-refractivity contribution in [1.29, 1.82) is 0 Å². The average Bonchev–Trinajstić information content (AvgIpc) is 3.62. The standard InChI is InChI=1S/C36H40ClN7O6/c1-36(2,3)50-35(49)38-20-22-6-10-25(11-7-22)32(45)40-30(33(46)39-27-15-12-24(13-16-27)31-41-43-44-42-31)18-21-4-8-23(9-5-21)26-14-17-28(34(47)48)29(37)19-26/h4-5,8-9,12-17,19,22,25,30H,6-7,10-11,18,20H2,1-3H3,(H,38,49)(H,39,46)(H,40,45)(H,47,48)(H,41,42,43,44)/t22-,25-,30-/m0/s1. The van der Waals surface area contributed by atoms with Crippen LogP contribution in [0.4, 0.5) is 10.5 Å². The lowest BCUT2D eigenvalue weighted by molar-refractivity contribution is -0.130. The first-order valence-electron chi connectivity index (χ1n) is 16.4. The number of rotatable bonds is 11. The number of tetrazole rings is 1. The van der Waals surface area contributed by atoms with Gasteiger partial charge in [0, 0.05) is 30.1 Å². The molecule has 4 aromatic rings. The second-order valence-electron chi connectivity index (χ2n) is 13.4. The fourth-order valence-corrected chi connectivity index (χ4v) is 6.08. The van der Waals surface area contributed by atoms with Crippen LogP contribution in [-0.4, -0.2) is 67.8 Å². The summed E-state index contributed by atoms with van der Waals surface area (Å²) in [6, 6.07) is 18.3. The number of aromatic nitrogens is 4. The van der Waals surface area contributed by atoms with E-state index < -0.39 is 23.7 Å². The van der Waals surface area contributed by atoms with Crippen LogP contribution in [-0.2, 0) is 20.7 Å². The van der Waals surface area contributed by atoms with Crippen LogP contribution in [0.3, 0.4) is 0 Å². The number of benzene rings is 3. The number of aromatic amines is 1. The number of anilines is 1. The molecule has 3 aromatic carbocycles. The number of H-pyrrole nitrogens is 1. The number of hydrogen-bond donors (Lipinski definition) is 5. The summed E-state index contributed by atoms with van der Waals surface area (Å²) in [4.78, 5) is 50.7. The van der Waals surface area contributed by atoms with Crippen LogP contribution in [0, 0.1) is 11.8 Å². The number of hydrogen-bond acceptors (Lipinski definition) is 8. The van der Waals surface area contributed by atoms with Crippen LogP contribution >= 0.6 is 11.6 Å². The zero-order valence-electron chi connectivity index (χ0n) is 28.0. The molecule has 1 saturated carbocycles. The predicted octanol–water partition coefficient (Wildman–Crippen LogP) is 5.88. The Morgan fingerprint density at radius 1 is 0.940 bits per heavy atom. The van der Waals surface area contributed by atoms with Gasteiger partial charge in [-0.25, -0.2) is 9.59 Å². The van der Waals surface area contributed by atoms with E-state index >= 15 is 0 Å². The minimum absolute atomic E-state index is 0.0204. The zero-order valence-corrected chi connectivity index (χ0v) is 28.8. The van der Waals surface area contributed by atoms with Crippen LogP contribution < -0.4 is 16.0 Å². The molecule has 13 nitrogen and oxygen atoms in total. The largest absolute Gasteiger partial charge is 0.478 e. The van der Waals surface area contributed by atoms with E-state index in [0.29, 0.717) is 30.9 Å². The summed E-state index contributed by atoms with van der Waals surface area (Å²) in [6.07, 6.45) is 2.56. The maximum absolute atomic E-state index is 13.7. The van der Waals surface area contributed by atoms with Gasteiger partial charge in [0.2, 0.25) is 17.6 Å². The van der Waals surface area contributed by atoms with Crippen molar-refractivity contribution in [3.63, 3.8) is 0 Å². The zero-order chi connectivity index (χ0) is 35.8. The summed E-state index contributed by atoms with van der Waals surface area (Å²) in [5.74, 6) is -1.28. The highest BCUT2D eigenvalue weighted by Crippen LogP contribution is 2.30. The Bertz CT molecular complexity index is 1800. The molecule has 50 heavy (non-hydrogen) atoms. The molecule has 0 radical (unpaired) electrons. The second kappa shape index (κ2) is 15.9. The molecule has 0 unspecified atom stereocenters. The van der Waals surface area contributed by atoms with Crippen LogP contribution in [0.5, 0.6) is 0 Å². The second-order valence-corrected chi connectivity index (χ2v) is 13.8. The highest BCUT2D eigenvalue weighted by atomic mass is 35.5. The number of ether oxygens (including phenoxy) is 1. The fourth-order valence-electron chi connectivity index (χ4n) is 5.82. The predicted molar refractivity (Wildman–Crippen MR) is 187 cm³/mol. The molecule has 1 aromatic heterocycles. The van der Waals surface area contributed by atoms with Crippen molar-refractivity contribution in [3.8, 4) is 22.5 Å².